The quantitative estimate of drug-likeness (QED) is 0.463. The number of guanidine groups is 1. The van der Waals surface area contributed by atoms with E-state index in [9.17, 15) is 13.2 Å². The van der Waals surface area contributed by atoms with Gasteiger partial charge in [-0.25, -0.2) is 18.2 Å². The Morgan fingerprint density at radius 1 is 1.15 bits per heavy atom. The summed E-state index contributed by atoms with van der Waals surface area (Å²) in [6.45, 7) is 3.55. The summed E-state index contributed by atoms with van der Waals surface area (Å²) in [4.78, 5) is 8.37. The Labute approximate surface area is 159 Å². The number of aromatic nitrogens is 1. The number of benzene rings is 1. The molecule has 1 aliphatic heterocycles. The summed E-state index contributed by atoms with van der Waals surface area (Å²) in [5.41, 5.74) is 6.31. The molecule has 0 radical (unpaired) electrons. The highest BCUT2D eigenvalue weighted by Gasteiger charge is 2.19. The van der Waals surface area contributed by atoms with E-state index in [1.54, 1.807) is 6.20 Å². The zero-order chi connectivity index (χ0) is 19.4. The molecular weight excluding hydrogens is 375 g/mol. The van der Waals surface area contributed by atoms with Gasteiger partial charge in [-0.1, -0.05) is 6.07 Å². The molecule has 1 aromatic heterocycles. The van der Waals surface area contributed by atoms with Crippen molar-refractivity contribution in [2.24, 2.45) is 5.73 Å². The molecule has 1 aliphatic rings. The summed E-state index contributed by atoms with van der Waals surface area (Å²) in [5, 5.41) is 8.17. The van der Waals surface area contributed by atoms with Gasteiger partial charge in [-0.15, -0.1) is 11.8 Å². The number of nitrogens with two attached hydrogens (primary N) is 1. The van der Waals surface area contributed by atoms with Crippen molar-refractivity contribution in [3.8, 4) is 0 Å². The lowest BCUT2D eigenvalue weighted by atomic mass is 10.2. The highest BCUT2D eigenvalue weighted by atomic mass is 32.2. The number of hydrogen-bond donors (Lipinski definition) is 2. The van der Waals surface area contributed by atoms with Crippen LogP contribution in [0.3, 0.4) is 0 Å². The minimum absolute atomic E-state index is 0.0279. The third-order valence-electron chi connectivity index (χ3n) is 4.42. The fourth-order valence-corrected chi connectivity index (χ4v) is 3.92. The Morgan fingerprint density at radius 3 is 2.44 bits per heavy atom. The molecule has 1 aromatic carbocycles. The Balaban J connectivity index is 1.66. The Bertz CT molecular complexity index is 801. The molecule has 0 spiro atoms. The maximum atomic E-state index is 13.8. The van der Waals surface area contributed by atoms with Crippen molar-refractivity contribution in [1.29, 1.82) is 5.41 Å². The fourth-order valence-electron chi connectivity index (χ4n) is 2.91. The lowest BCUT2D eigenvalue weighted by molar-refractivity contribution is 0.172. The summed E-state index contributed by atoms with van der Waals surface area (Å²) in [6.07, 6.45) is 1.64. The smallest absolute Gasteiger partial charge is 0.188 e. The highest BCUT2D eigenvalue weighted by Crippen LogP contribution is 2.28. The average molecular weight is 395 g/mol. The third-order valence-corrected chi connectivity index (χ3v) is 5.49. The lowest BCUT2D eigenvalue weighted by Gasteiger charge is -2.35. The molecule has 27 heavy (non-hydrogen) atoms. The molecular formula is C18H20F3N5S. The van der Waals surface area contributed by atoms with Crippen molar-refractivity contribution in [3.63, 3.8) is 0 Å². The van der Waals surface area contributed by atoms with Gasteiger partial charge in [0.2, 0.25) is 0 Å². The van der Waals surface area contributed by atoms with Gasteiger partial charge < -0.3 is 10.6 Å². The molecule has 1 fully saturated rings. The first-order chi connectivity index (χ1) is 12.9. The lowest BCUT2D eigenvalue weighted by Crippen LogP contribution is -2.50. The first kappa shape index (κ1) is 19.5. The number of pyridine rings is 1. The minimum atomic E-state index is -0.929. The van der Waals surface area contributed by atoms with Gasteiger partial charge in [0, 0.05) is 62.4 Å². The summed E-state index contributed by atoms with van der Waals surface area (Å²) in [7, 11) is 0. The van der Waals surface area contributed by atoms with Crippen molar-refractivity contribution in [1.82, 2.24) is 14.8 Å². The SMILES string of the molecule is N=C(N)N1CCN(Cc2cccnc2SCc2c(F)cc(F)cc2F)CC1. The molecule has 3 N–H and O–H groups in total. The largest absolute Gasteiger partial charge is 0.370 e. The van der Waals surface area contributed by atoms with E-state index in [2.05, 4.69) is 9.88 Å². The van der Waals surface area contributed by atoms with Gasteiger partial charge >= 0.3 is 0 Å². The van der Waals surface area contributed by atoms with Gasteiger partial charge in [-0.05, 0) is 11.6 Å². The van der Waals surface area contributed by atoms with Crippen LogP contribution in [0.25, 0.3) is 0 Å². The van der Waals surface area contributed by atoms with E-state index < -0.39 is 17.5 Å². The first-order valence-corrected chi connectivity index (χ1v) is 9.44. The van der Waals surface area contributed by atoms with Crippen LogP contribution in [0.5, 0.6) is 0 Å². The molecule has 0 bridgehead atoms. The van der Waals surface area contributed by atoms with Crippen molar-refractivity contribution < 1.29 is 13.2 Å². The van der Waals surface area contributed by atoms with Gasteiger partial charge in [0.05, 0.1) is 0 Å². The van der Waals surface area contributed by atoms with Crippen molar-refractivity contribution in [2.45, 2.75) is 17.3 Å². The van der Waals surface area contributed by atoms with Gasteiger partial charge in [0.1, 0.15) is 22.5 Å². The predicted molar refractivity (Wildman–Crippen MR) is 98.9 cm³/mol. The number of nitrogens with one attached hydrogen (secondary N) is 1. The topological polar surface area (TPSA) is 69.2 Å². The molecule has 0 saturated carbocycles. The summed E-state index contributed by atoms with van der Waals surface area (Å²) in [6, 6.07) is 5.13. The van der Waals surface area contributed by atoms with Crippen LogP contribution in [0.2, 0.25) is 0 Å². The fraction of sp³-hybridized carbons (Fsp3) is 0.333. The van der Waals surface area contributed by atoms with E-state index in [0.717, 1.165) is 18.7 Å². The van der Waals surface area contributed by atoms with Crippen molar-refractivity contribution in [2.75, 3.05) is 26.2 Å². The Morgan fingerprint density at radius 2 is 1.81 bits per heavy atom. The second kappa shape index (κ2) is 8.62. The average Bonchev–Trinajstić information content (AvgIpc) is 2.62. The summed E-state index contributed by atoms with van der Waals surface area (Å²) in [5.74, 6) is -2.60. The molecule has 0 aliphatic carbocycles. The highest BCUT2D eigenvalue weighted by molar-refractivity contribution is 7.98. The summed E-state index contributed by atoms with van der Waals surface area (Å²) >= 11 is 1.22. The third kappa shape index (κ3) is 4.92. The Kier molecular flexibility index (Phi) is 6.22. The maximum Gasteiger partial charge on any atom is 0.188 e. The molecule has 3 rings (SSSR count). The standard InChI is InChI=1S/C18H20F3N5S/c19-13-8-15(20)14(16(21)9-13)11-27-17-12(2-1-3-24-17)10-25-4-6-26(7-5-25)18(22)23/h1-3,8-9H,4-7,10-11H2,(H3,22,23). The minimum Gasteiger partial charge on any atom is -0.370 e. The van der Waals surface area contributed by atoms with Gasteiger partial charge in [-0.3, -0.25) is 10.3 Å². The predicted octanol–water partition coefficient (Wildman–Crippen LogP) is 2.80. The molecule has 5 nitrogen and oxygen atoms in total. The molecule has 144 valence electrons. The monoisotopic (exact) mass is 395 g/mol. The second-order valence-electron chi connectivity index (χ2n) is 6.25. The van der Waals surface area contributed by atoms with Crippen LogP contribution >= 0.6 is 11.8 Å². The molecule has 1 saturated heterocycles. The van der Waals surface area contributed by atoms with Gasteiger partial charge in [0.15, 0.2) is 5.96 Å². The van der Waals surface area contributed by atoms with E-state index in [1.807, 2.05) is 17.0 Å². The number of halogens is 3. The van der Waals surface area contributed by atoms with E-state index in [4.69, 9.17) is 11.1 Å². The van der Waals surface area contributed by atoms with Crippen molar-refractivity contribution in [3.05, 3.63) is 59.0 Å². The van der Waals surface area contributed by atoms with E-state index in [0.29, 0.717) is 36.8 Å². The molecule has 0 unspecified atom stereocenters. The maximum absolute atomic E-state index is 13.8. The van der Waals surface area contributed by atoms with Crippen LogP contribution in [0.4, 0.5) is 13.2 Å². The van der Waals surface area contributed by atoms with Crippen LogP contribution in [0.15, 0.2) is 35.5 Å². The molecule has 9 heteroatoms. The second-order valence-corrected chi connectivity index (χ2v) is 7.22. The van der Waals surface area contributed by atoms with Crippen LogP contribution < -0.4 is 5.73 Å². The zero-order valence-corrected chi connectivity index (χ0v) is 15.4. The molecule has 0 atom stereocenters. The Hall–Kier alpha value is -2.26. The summed E-state index contributed by atoms with van der Waals surface area (Å²) < 4.78 is 40.7. The molecule has 0 amide bonds. The first-order valence-electron chi connectivity index (χ1n) is 8.45. The number of rotatable bonds is 5. The van der Waals surface area contributed by atoms with Crippen LogP contribution in [0, 0.1) is 22.9 Å². The van der Waals surface area contributed by atoms with Gasteiger partial charge in [0.25, 0.3) is 0 Å². The van der Waals surface area contributed by atoms with Crippen LogP contribution in [0.1, 0.15) is 11.1 Å². The zero-order valence-electron chi connectivity index (χ0n) is 14.6. The number of piperazine rings is 1. The van der Waals surface area contributed by atoms with E-state index >= 15 is 0 Å². The molecule has 2 heterocycles. The molecule has 2 aromatic rings. The number of thioether (sulfide) groups is 1. The number of nitrogens with zero attached hydrogens (tertiary/aromatic N) is 3. The van der Waals surface area contributed by atoms with E-state index in [-0.39, 0.29) is 17.3 Å². The van der Waals surface area contributed by atoms with Crippen molar-refractivity contribution >= 4 is 17.7 Å². The van der Waals surface area contributed by atoms with Crippen LogP contribution in [-0.2, 0) is 12.3 Å². The van der Waals surface area contributed by atoms with Gasteiger partial charge in [-0.2, -0.15) is 0 Å². The van der Waals surface area contributed by atoms with E-state index in [1.165, 1.54) is 11.8 Å². The van der Waals surface area contributed by atoms with Crippen LogP contribution in [-0.4, -0.2) is 46.9 Å². The normalized spacial score (nSPS) is 15.1. The number of hydrogen-bond acceptors (Lipinski definition) is 4.